The number of Topliss-reactive ketones (excluding diaryl/α,β-unsaturated/α-hetero) is 2. The molecular formula is C20H21FN2O4. The number of nitrogens with zero attached hydrogens (tertiary/aromatic N) is 2. The van der Waals surface area contributed by atoms with Crippen LogP contribution in [-0.2, 0) is 9.59 Å². The molecule has 27 heavy (non-hydrogen) atoms. The Morgan fingerprint density at radius 1 is 1.19 bits per heavy atom. The van der Waals surface area contributed by atoms with Gasteiger partial charge in [0, 0.05) is 6.54 Å². The Bertz CT molecular complexity index is 830. The molecule has 142 valence electrons. The zero-order valence-electron chi connectivity index (χ0n) is 15.2. The van der Waals surface area contributed by atoms with Crippen molar-refractivity contribution in [2.75, 3.05) is 27.2 Å². The Kier molecular flexibility index (Phi) is 5.51. The summed E-state index contributed by atoms with van der Waals surface area (Å²) in [5, 5.41) is 0. The number of rotatable bonds is 7. The average molecular weight is 372 g/mol. The lowest BCUT2D eigenvalue weighted by Gasteiger charge is -2.27. The number of furan rings is 1. The third-order valence-electron chi connectivity index (χ3n) is 4.67. The first-order chi connectivity index (χ1) is 12.9. The van der Waals surface area contributed by atoms with Gasteiger partial charge in [0.25, 0.3) is 5.91 Å². The van der Waals surface area contributed by atoms with Crippen molar-refractivity contribution in [1.82, 2.24) is 9.80 Å². The zero-order valence-corrected chi connectivity index (χ0v) is 15.2. The number of ketones is 2. The van der Waals surface area contributed by atoms with Crippen LogP contribution in [0.5, 0.6) is 0 Å². The summed E-state index contributed by atoms with van der Waals surface area (Å²) in [6, 6.07) is 7.78. The van der Waals surface area contributed by atoms with Gasteiger partial charge in [-0.2, -0.15) is 0 Å². The molecule has 1 fully saturated rings. The third-order valence-corrected chi connectivity index (χ3v) is 4.67. The van der Waals surface area contributed by atoms with Crippen LogP contribution in [0.15, 0.2) is 47.1 Å². The van der Waals surface area contributed by atoms with E-state index in [0.717, 1.165) is 6.54 Å². The lowest BCUT2D eigenvalue weighted by atomic mass is 9.88. The predicted molar refractivity (Wildman–Crippen MR) is 95.6 cm³/mol. The smallest absolute Gasteiger partial charge is 0.291 e. The molecular weight excluding hydrogens is 351 g/mol. The molecule has 3 rings (SSSR count). The van der Waals surface area contributed by atoms with Crippen molar-refractivity contribution in [3.05, 3.63) is 59.8 Å². The molecule has 1 aliphatic rings. The van der Waals surface area contributed by atoms with Gasteiger partial charge >= 0.3 is 0 Å². The summed E-state index contributed by atoms with van der Waals surface area (Å²) in [6.45, 7) is 1.05. The number of hydrogen-bond donors (Lipinski definition) is 0. The summed E-state index contributed by atoms with van der Waals surface area (Å²) in [6.07, 6.45) is 1.99. The fourth-order valence-corrected chi connectivity index (χ4v) is 3.39. The van der Waals surface area contributed by atoms with Crippen LogP contribution < -0.4 is 0 Å². The molecule has 0 radical (unpaired) electrons. The van der Waals surface area contributed by atoms with Crippen molar-refractivity contribution < 1.29 is 23.2 Å². The van der Waals surface area contributed by atoms with Crippen molar-refractivity contribution >= 4 is 17.5 Å². The van der Waals surface area contributed by atoms with Crippen molar-refractivity contribution in [2.24, 2.45) is 5.92 Å². The number of carbonyl (C=O) groups excluding carboxylic acids is 3. The van der Waals surface area contributed by atoms with Gasteiger partial charge in [0.05, 0.1) is 12.3 Å². The predicted octanol–water partition coefficient (Wildman–Crippen LogP) is 2.32. The van der Waals surface area contributed by atoms with Crippen LogP contribution in [0.2, 0.25) is 0 Å². The monoisotopic (exact) mass is 372 g/mol. The van der Waals surface area contributed by atoms with Crippen LogP contribution in [0, 0.1) is 11.7 Å². The Morgan fingerprint density at radius 3 is 2.48 bits per heavy atom. The molecule has 0 bridgehead atoms. The molecule has 1 aliphatic heterocycles. The topological polar surface area (TPSA) is 70.8 Å². The zero-order chi connectivity index (χ0) is 19.6. The summed E-state index contributed by atoms with van der Waals surface area (Å²) in [7, 11) is 3.83. The molecule has 2 heterocycles. The van der Waals surface area contributed by atoms with Crippen LogP contribution in [0.1, 0.15) is 28.6 Å². The molecule has 0 spiro atoms. The molecule has 1 saturated heterocycles. The van der Waals surface area contributed by atoms with E-state index in [-0.39, 0.29) is 5.76 Å². The third kappa shape index (κ3) is 3.83. The Morgan fingerprint density at radius 2 is 1.89 bits per heavy atom. The normalized spacial score (nSPS) is 19.9. The summed E-state index contributed by atoms with van der Waals surface area (Å²) < 4.78 is 18.5. The van der Waals surface area contributed by atoms with Crippen LogP contribution in [0.3, 0.4) is 0 Å². The van der Waals surface area contributed by atoms with E-state index in [1.807, 2.05) is 19.0 Å². The van der Waals surface area contributed by atoms with Gasteiger partial charge in [0.15, 0.2) is 5.76 Å². The van der Waals surface area contributed by atoms with E-state index in [1.165, 1.54) is 41.5 Å². The first-order valence-corrected chi connectivity index (χ1v) is 8.73. The molecule has 0 N–H and O–H groups in total. The number of amides is 1. The molecule has 0 aliphatic carbocycles. The van der Waals surface area contributed by atoms with Gasteiger partial charge in [-0.1, -0.05) is 12.1 Å². The van der Waals surface area contributed by atoms with Crippen molar-refractivity contribution in [1.29, 1.82) is 0 Å². The van der Waals surface area contributed by atoms with Crippen LogP contribution in [0.4, 0.5) is 4.39 Å². The first-order valence-electron chi connectivity index (χ1n) is 8.73. The molecule has 2 atom stereocenters. The second-order valence-electron chi connectivity index (χ2n) is 6.84. The van der Waals surface area contributed by atoms with Gasteiger partial charge in [-0.15, -0.1) is 0 Å². The number of likely N-dealkylation sites (tertiary alicyclic amines) is 1. The highest BCUT2D eigenvalue weighted by Gasteiger charge is 2.52. The minimum Gasteiger partial charge on any atom is -0.461 e. The second-order valence-corrected chi connectivity index (χ2v) is 6.84. The Balaban J connectivity index is 1.96. The fourth-order valence-electron chi connectivity index (χ4n) is 3.39. The van der Waals surface area contributed by atoms with Crippen molar-refractivity contribution in [3.63, 3.8) is 0 Å². The maximum Gasteiger partial charge on any atom is 0.291 e. The van der Waals surface area contributed by atoms with Gasteiger partial charge in [0.1, 0.15) is 11.7 Å². The molecule has 0 saturated carbocycles. The highest BCUT2D eigenvalue weighted by Crippen LogP contribution is 2.38. The lowest BCUT2D eigenvalue weighted by molar-refractivity contribution is -0.140. The number of hydrogen-bond acceptors (Lipinski definition) is 5. The van der Waals surface area contributed by atoms with E-state index >= 15 is 0 Å². The molecule has 7 heteroatoms. The second kappa shape index (κ2) is 7.84. The molecule has 1 aromatic heterocycles. The summed E-state index contributed by atoms with van der Waals surface area (Å²) in [5.74, 6) is -3.58. The van der Waals surface area contributed by atoms with Gasteiger partial charge in [-0.25, -0.2) is 4.39 Å². The van der Waals surface area contributed by atoms with Crippen molar-refractivity contribution in [3.8, 4) is 0 Å². The average Bonchev–Trinajstić information content (AvgIpc) is 3.25. The fraction of sp³-hybridized carbons (Fsp3) is 0.350. The van der Waals surface area contributed by atoms with Crippen molar-refractivity contribution in [2.45, 2.75) is 12.5 Å². The minimum absolute atomic E-state index is 0.0309. The summed E-state index contributed by atoms with van der Waals surface area (Å²) in [5.41, 5.74) is 0.547. The van der Waals surface area contributed by atoms with Crippen LogP contribution >= 0.6 is 0 Å². The Labute approximate surface area is 156 Å². The quantitative estimate of drug-likeness (QED) is 0.424. The van der Waals surface area contributed by atoms with E-state index in [1.54, 1.807) is 6.07 Å². The lowest BCUT2D eigenvalue weighted by Crippen LogP contribution is -2.33. The SMILES string of the molecule is CN(C)CCCN1C(=O)C(=O)C(C(=O)c2ccco2)C1c1ccc(F)cc1. The minimum atomic E-state index is -1.20. The number of carbonyl (C=O) groups is 3. The standard InChI is InChI=1S/C20H21FN2O4/c1-22(2)10-4-11-23-17(13-6-8-14(21)9-7-13)16(19(25)20(23)26)18(24)15-5-3-12-27-15/h3,5-9,12,16-17H,4,10-11H2,1-2H3. The molecule has 6 nitrogen and oxygen atoms in total. The molecule has 1 aromatic carbocycles. The maximum atomic E-state index is 13.4. The summed E-state index contributed by atoms with van der Waals surface area (Å²) in [4.78, 5) is 41.5. The maximum absolute atomic E-state index is 13.4. The summed E-state index contributed by atoms with van der Waals surface area (Å²) >= 11 is 0. The first kappa shape index (κ1) is 19.0. The highest BCUT2D eigenvalue weighted by atomic mass is 19.1. The van der Waals surface area contributed by atoms with Crippen LogP contribution in [0.25, 0.3) is 0 Å². The molecule has 2 unspecified atom stereocenters. The van der Waals surface area contributed by atoms with E-state index < -0.39 is 35.3 Å². The van der Waals surface area contributed by atoms with E-state index in [9.17, 15) is 18.8 Å². The molecule has 2 aromatic rings. The van der Waals surface area contributed by atoms with E-state index in [0.29, 0.717) is 18.5 Å². The van der Waals surface area contributed by atoms with Gasteiger partial charge < -0.3 is 14.2 Å². The van der Waals surface area contributed by atoms with Gasteiger partial charge in [-0.3, -0.25) is 14.4 Å². The Hall–Kier alpha value is -2.80. The van der Waals surface area contributed by atoms with Gasteiger partial charge in [0.2, 0.25) is 11.6 Å². The van der Waals surface area contributed by atoms with E-state index in [2.05, 4.69) is 0 Å². The number of halogens is 1. The molecule has 1 amide bonds. The number of benzene rings is 1. The van der Waals surface area contributed by atoms with Gasteiger partial charge in [-0.05, 0) is 56.9 Å². The van der Waals surface area contributed by atoms with Crippen LogP contribution in [-0.4, -0.2) is 54.5 Å². The highest BCUT2D eigenvalue weighted by molar-refractivity contribution is 6.43. The largest absolute Gasteiger partial charge is 0.461 e. The van der Waals surface area contributed by atoms with E-state index in [4.69, 9.17) is 4.42 Å².